The zero-order valence-electron chi connectivity index (χ0n) is 20.1. The third kappa shape index (κ3) is 3.73. The van der Waals surface area contributed by atoms with Crippen LogP contribution < -0.4 is 15.2 Å². The van der Waals surface area contributed by atoms with Crippen molar-refractivity contribution in [2.45, 2.75) is 51.6 Å². The number of nitrogens with zero attached hydrogens (tertiary/aromatic N) is 5. The topological polar surface area (TPSA) is 88.9 Å². The first-order valence-corrected chi connectivity index (χ1v) is 11.8. The Labute approximate surface area is 198 Å². The van der Waals surface area contributed by atoms with E-state index >= 15 is 0 Å². The van der Waals surface area contributed by atoms with Crippen LogP contribution in [0.2, 0.25) is 0 Å². The van der Waals surface area contributed by atoms with E-state index in [1.54, 1.807) is 7.11 Å². The lowest BCUT2D eigenvalue weighted by atomic mass is 9.95. The maximum Gasteiger partial charge on any atom is 0.254 e. The van der Waals surface area contributed by atoms with Crippen LogP contribution >= 0.6 is 0 Å². The van der Waals surface area contributed by atoms with Crippen LogP contribution in [0.15, 0.2) is 53.3 Å². The van der Waals surface area contributed by atoms with E-state index in [1.165, 1.54) is 5.56 Å². The van der Waals surface area contributed by atoms with E-state index in [0.29, 0.717) is 17.1 Å². The van der Waals surface area contributed by atoms with Crippen molar-refractivity contribution >= 4 is 16.6 Å². The van der Waals surface area contributed by atoms with Crippen molar-refractivity contribution in [2.24, 2.45) is 0 Å². The van der Waals surface area contributed by atoms with E-state index in [1.807, 2.05) is 35.0 Å². The Bertz CT molecular complexity index is 1390. The molecule has 0 spiro atoms. The predicted octanol–water partition coefficient (Wildman–Crippen LogP) is 4.21. The normalized spacial score (nSPS) is 14.8. The Morgan fingerprint density at radius 1 is 1.18 bits per heavy atom. The van der Waals surface area contributed by atoms with Gasteiger partial charge in [0.25, 0.3) is 5.56 Å². The highest BCUT2D eigenvalue weighted by molar-refractivity contribution is 5.81. The van der Waals surface area contributed by atoms with E-state index in [2.05, 4.69) is 64.4 Å². The molecular weight excluding hydrogens is 428 g/mol. The molecule has 5 rings (SSSR count). The van der Waals surface area contributed by atoms with Crippen LogP contribution in [0.1, 0.15) is 56.6 Å². The first-order valence-electron chi connectivity index (χ1n) is 11.8. The minimum atomic E-state index is -0.433. The lowest BCUT2D eigenvalue weighted by Gasteiger charge is -2.38. The van der Waals surface area contributed by atoms with Gasteiger partial charge in [-0.05, 0) is 78.8 Å². The molecule has 1 unspecified atom stereocenters. The molecule has 1 N–H and O–H groups in total. The van der Waals surface area contributed by atoms with E-state index in [4.69, 9.17) is 4.74 Å². The van der Waals surface area contributed by atoms with Gasteiger partial charge in [0.15, 0.2) is 5.82 Å². The van der Waals surface area contributed by atoms with Crippen molar-refractivity contribution < 1.29 is 4.74 Å². The van der Waals surface area contributed by atoms with Crippen LogP contribution in [0.5, 0.6) is 5.75 Å². The fourth-order valence-corrected chi connectivity index (χ4v) is 4.75. The lowest BCUT2D eigenvalue weighted by molar-refractivity contribution is 0.287. The monoisotopic (exact) mass is 458 g/mol. The first-order chi connectivity index (χ1) is 16.4. The van der Waals surface area contributed by atoms with Gasteiger partial charge in [-0.15, -0.1) is 5.10 Å². The smallest absolute Gasteiger partial charge is 0.254 e. The molecule has 0 saturated carbocycles. The number of hydrogen-bond acceptors (Lipinski definition) is 6. The summed E-state index contributed by atoms with van der Waals surface area (Å²) in [5.74, 6) is 1.37. The first kappa shape index (κ1) is 22.1. The minimum Gasteiger partial charge on any atom is -0.497 e. The van der Waals surface area contributed by atoms with E-state index < -0.39 is 6.04 Å². The number of H-pyrrole nitrogens is 1. The second-order valence-corrected chi connectivity index (χ2v) is 9.45. The highest BCUT2D eigenvalue weighted by atomic mass is 16.5. The number of ether oxygens (including phenoxy) is 1. The fourth-order valence-electron chi connectivity index (χ4n) is 4.75. The van der Waals surface area contributed by atoms with Crippen LogP contribution in [-0.2, 0) is 12.0 Å². The molecule has 8 heteroatoms. The molecule has 3 heterocycles. The van der Waals surface area contributed by atoms with Crippen molar-refractivity contribution in [3.63, 3.8) is 0 Å². The quantitative estimate of drug-likeness (QED) is 0.466. The van der Waals surface area contributed by atoms with Crippen molar-refractivity contribution in [1.29, 1.82) is 0 Å². The average molecular weight is 459 g/mol. The van der Waals surface area contributed by atoms with Crippen LogP contribution in [-0.4, -0.2) is 38.8 Å². The van der Waals surface area contributed by atoms with E-state index in [9.17, 15) is 4.79 Å². The van der Waals surface area contributed by atoms with Crippen molar-refractivity contribution in [1.82, 2.24) is 25.2 Å². The summed E-state index contributed by atoms with van der Waals surface area (Å²) in [4.78, 5) is 18.9. The van der Waals surface area contributed by atoms with Gasteiger partial charge in [0.2, 0.25) is 0 Å². The molecule has 0 bridgehead atoms. The standard InChI is InChI=1S/C26H30N6O2/c1-5-26(2,3)32-24(28-29-30-32)23(31-14-8-10-17-9-6-7-11-22(17)31)20-15-18-12-13-19(34-4)16-21(18)27-25(20)33/h6-7,9,11-13,15-16,23H,5,8,10,14H2,1-4H3,(H,27,33). The van der Waals surface area contributed by atoms with Gasteiger partial charge in [-0.3, -0.25) is 4.79 Å². The maximum absolute atomic E-state index is 13.6. The zero-order valence-corrected chi connectivity index (χ0v) is 20.1. The van der Waals surface area contributed by atoms with E-state index in [0.717, 1.165) is 42.4 Å². The molecule has 0 saturated heterocycles. The highest BCUT2D eigenvalue weighted by Crippen LogP contribution is 2.38. The number of tetrazole rings is 1. The second kappa shape index (κ2) is 8.59. The number of anilines is 1. The van der Waals surface area contributed by atoms with Gasteiger partial charge in [-0.2, -0.15) is 0 Å². The predicted molar refractivity (Wildman–Crippen MR) is 133 cm³/mol. The van der Waals surface area contributed by atoms with Crippen molar-refractivity contribution in [2.75, 3.05) is 18.6 Å². The van der Waals surface area contributed by atoms with Crippen molar-refractivity contribution in [3.8, 4) is 5.75 Å². The lowest BCUT2D eigenvalue weighted by Crippen LogP contribution is -2.40. The molecule has 176 valence electrons. The summed E-state index contributed by atoms with van der Waals surface area (Å²) in [6.45, 7) is 7.16. The molecule has 1 aliphatic heterocycles. The third-order valence-corrected chi connectivity index (χ3v) is 7.01. The molecule has 0 aliphatic carbocycles. The number of aromatic amines is 1. The SMILES string of the molecule is CCC(C)(C)n1nnnc1C(c1cc2ccc(OC)cc2[nH]c1=O)N1CCCc2ccccc21. The highest BCUT2D eigenvalue weighted by Gasteiger charge is 2.36. The summed E-state index contributed by atoms with van der Waals surface area (Å²) in [6, 6.07) is 15.6. The maximum atomic E-state index is 13.6. The van der Waals surface area contributed by atoms with Crippen LogP contribution in [0.4, 0.5) is 5.69 Å². The molecule has 8 nitrogen and oxygen atoms in total. The van der Waals surface area contributed by atoms with Gasteiger partial charge >= 0.3 is 0 Å². The van der Waals surface area contributed by atoms with Crippen molar-refractivity contribution in [3.05, 3.63) is 75.8 Å². The number of methoxy groups -OCH3 is 1. The summed E-state index contributed by atoms with van der Waals surface area (Å²) >= 11 is 0. The van der Waals surface area contributed by atoms with Gasteiger partial charge in [0, 0.05) is 23.9 Å². The Kier molecular flexibility index (Phi) is 5.59. The number of pyridine rings is 1. The Hall–Kier alpha value is -3.68. The molecule has 2 aromatic heterocycles. The summed E-state index contributed by atoms with van der Waals surface area (Å²) in [5, 5.41) is 13.8. The van der Waals surface area contributed by atoms with Crippen LogP contribution in [0, 0.1) is 0 Å². The van der Waals surface area contributed by atoms with Gasteiger partial charge in [-0.1, -0.05) is 25.1 Å². The number of para-hydroxylation sites is 1. The number of nitrogens with one attached hydrogen (secondary N) is 1. The van der Waals surface area contributed by atoms with Crippen LogP contribution in [0.3, 0.4) is 0 Å². The molecule has 0 amide bonds. The molecular formula is C26H30N6O2. The molecule has 1 atom stereocenters. The summed E-state index contributed by atoms with van der Waals surface area (Å²) in [5.41, 5.74) is 3.30. The van der Waals surface area contributed by atoms with Gasteiger partial charge in [0.1, 0.15) is 11.8 Å². The van der Waals surface area contributed by atoms with Crippen LogP contribution in [0.25, 0.3) is 10.9 Å². The molecule has 1 aliphatic rings. The fraction of sp³-hybridized carbons (Fsp3) is 0.385. The number of fused-ring (bicyclic) bond motifs is 2. The molecule has 0 fully saturated rings. The van der Waals surface area contributed by atoms with E-state index in [-0.39, 0.29) is 11.1 Å². The Morgan fingerprint density at radius 3 is 2.79 bits per heavy atom. The number of benzene rings is 2. The molecule has 4 aromatic rings. The number of rotatable bonds is 6. The largest absolute Gasteiger partial charge is 0.497 e. The Morgan fingerprint density at radius 2 is 2.00 bits per heavy atom. The summed E-state index contributed by atoms with van der Waals surface area (Å²) in [7, 11) is 1.62. The number of hydrogen-bond donors (Lipinski definition) is 1. The molecule has 0 radical (unpaired) electrons. The molecule has 2 aromatic carbocycles. The summed E-state index contributed by atoms with van der Waals surface area (Å²) < 4.78 is 7.22. The molecule has 34 heavy (non-hydrogen) atoms. The minimum absolute atomic E-state index is 0.155. The number of aromatic nitrogens is 5. The van der Waals surface area contributed by atoms with Gasteiger partial charge in [0.05, 0.1) is 18.2 Å². The van der Waals surface area contributed by atoms with Gasteiger partial charge < -0.3 is 14.6 Å². The summed E-state index contributed by atoms with van der Waals surface area (Å²) in [6.07, 6.45) is 2.86. The second-order valence-electron chi connectivity index (χ2n) is 9.45. The Balaban J connectivity index is 1.75. The van der Waals surface area contributed by atoms with Gasteiger partial charge in [-0.25, -0.2) is 4.68 Å². The zero-order chi connectivity index (χ0) is 23.9. The average Bonchev–Trinajstić information content (AvgIpc) is 3.35. The number of aryl methyl sites for hydroxylation is 1. The third-order valence-electron chi connectivity index (χ3n) is 7.01.